The molecule has 2 aromatic rings. The number of benzene rings is 1. The molecule has 0 fully saturated rings. The molecular weight excluding hydrogens is 366 g/mol. The molecule has 2 nitrogen and oxygen atoms in total. The third kappa shape index (κ3) is 3.91. The van der Waals surface area contributed by atoms with Crippen LogP contribution in [-0.4, -0.2) is 19.2 Å². The van der Waals surface area contributed by atoms with Gasteiger partial charge in [-0.25, -0.2) is 0 Å². The number of ether oxygens (including phenoxy) is 1. The van der Waals surface area contributed by atoms with Gasteiger partial charge in [0.05, 0.1) is 5.52 Å². The average Bonchev–Trinajstić information content (AvgIpc) is 2.63. The zero-order valence-corrected chi connectivity index (χ0v) is 17.2. The summed E-state index contributed by atoms with van der Waals surface area (Å²) in [7, 11) is -1.02. The number of nitrogens with zero attached hydrogens (tertiary/aromatic N) is 1. The fraction of sp³-hybridized carbons (Fsp3) is 0.579. The van der Waals surface area contributed by atoms with Gasteiger partial charge in [0.25, 0.3) is 0 Å². The number of fused-ring (bicyclic) bond motifs is 3. The van der Waals surface area contributed by atoms with Crippen LogP contribution in [0.4, 0.5) is 0 Å². The first-order valence-corrected chi connectivity index (χ1v) is 13.3. The van der Waals surface area contributed by atoms with Gasteiger partial charge in [-0.05, 0) is 49.4 Å². The second kappa shape index (κ2) is 7.12. The fourth-order valence-corrected chi connectivity index (χ4v) is 4.85. The maximum Gasteiger partial charge on any atom is 0.123 e. The maximum absolute atomic E-state index is 6.09. The van der Waals surface area contributed by atoms with Gasteiger partial charge in [0, 0.05) is 30.2 Å². The fourth-order valence-electron chi connectivity index (χ4n) is 3.50. The van der Waals surface area contributed by atoms with Crippen molar-refractivity contribution in [2.24, 2.45) is 0 Å². The summed E-state index contributed by atoms with van der Waals surface area (Å²) in [6.07, 6.45) is 6.35. The topological polar surface area (TPSA) is 14.2 Å². The second-order valence-electron chi connectivity index (χ2n) is 7.90. The van der Waals surface area contributed by atoms with Gasteiger partial charge in [-0.15, -0.1) is 0 Å². The van der Waals surface area contributed by atoms with E-state index >= 15 is 0 Å². The Kier molecular flexibility index (Phi) is 5.34. The Hall–Kier alpha value is -0.583. The summed E-state index contributed by atoms with van der Waals surface area (Å²) < 4.78 is 9.76. The lowest BCUT2D eigenvalue weighted by atomic mass is 10.1. The van der Waals surface area contributed by atoms with Gasteiger partial charge in [-0.1, -0.05) is 48.1 Å². The van der Waals surface area contributed by atoms with Crippen molar-refractivity contribution in [2.75, 3.05) is 6.61 Å². The lowest BCUT2D eigenvalue weighted by Crippen LogP contribution is -2.22. The van der Waals surface area contributed by atoms with Gasteiger partial charge in [-0.3, -0.25) is 0 Å². The highest BCUT2D eigenvalue weighted by molar-refractivity contribution is 9.10. The van der Waals surface area contributed by atoms with E-state index in [2.05, 4.69) is 58.3 Å². The van der Waals surface area contributed by atoms with Crippen molar-refractivity contribution in [2.45, 2.75) is 64.5 Å². The number of hydrogen-bond acceptors (Lipinski definition) is 1. The Bertz CT molecular complexity index is 687. The molecule has 0 saturated heterocycles. The first-order valence-electron chi connectivity index (χ1n) is 8.83. The van der Waals surface area contributed by atoms with Crippen LogP contribution in [0.1, 0.15) is 30.5 Å². The maximum atomic E-state index is 6.09. The minimum absolute atomic E-state index is 0.701. The summed E-state index contributed by atoms with van der Waals surface area (Å²) in [4.78, 5) is 0. The van der Waals surface area contributed by atoms with E-state index in [1.807, 2.05) is 0 Å². The zero-order valence-electron chi connectivity index (χ0n) is 14.6. The minimum atomic E-state index is -1.02. The van der Waals surface area contributed by atoms with E-state index < -0.39 is 8.07 Å². The van der Waals surface area contributed by atoms with Crippen molar-refractivity contribution in [3.05, 3.63) is 33.9 Å². The van der Waals surface area contributed by atoms with Crippen molar-refractivity contribution in [1.29, 1.82) is 0 Å². The van der Waals surface area contributed by atoms with Crippen molar-refractivity contribution in [3.8, 4) is 0 Å². The Morgan fingerprint density at radius 2 is 1.91 bits per heavy atom. The highest BCUT2D eigenvalue weighted by Crippen LogP contribution is 2.35. The van der Waals surface area contributed by atoms with Crippen LogP contribution >= 0.6 is 15.9 Å². The van der Waals surface area contributed by atoms with Crippen molar-refractivity contribution < 1.29 is 4.74 Å². The molecule has 0 aliphatic heterocycles. The molecule has 126 valence electrons. The van der Waals surface area contributed by atoms with E-state index in [0.717, 1.165) is 6.61 Å². The van der Waals surface area contributed by atoms with E-state index in [4.69, 9.17) is 4.74 Å². The largest absolute Gasteiger partial charge is 0.361 e. The standard InChI is InChI=1S/C19H28BrNOSi/c1-23(2,3)13-12-22-14-21-17-10-6-4-5-8-15(17)19-16(20)9-7-11-18(19)21/h7,9,11H,4-6,8,10,12-14H2,1-3H3. The summed E-state index contributed by atoms with van der Waals surface area (Å²) in [5.74, 6) is 0. The summed E-state index contributed by atoms with van der Waals surface area (Å²) in [5.41, 5.74) is 4.40. The SMILES string of the molecule is C[Si](C)(C)CCOCn1c2c(c3c(Br)cccc31)CCCCC2. The summed E-state index contributed by atoms with van der Waals surface area (Å²) in [6.45, 7) is 8.81. The quantitative estimate of drug-likeness (QED) is 0.345. The van der Waals surface area contributed by atoms with Crippen molar-refractivity contribution in [3.63, 3.8) is 0 Å². The zero-order chi connectivity index (χ0) is 16.4. The highest BCUT2D eigenvalue weighted by atomic mass is 79.9. The van der Waals surface area contributed by atoms with Crippen molar-refractivity contribution >= 4 is 34.9 Å². The highest BCUT2D eigenvalue weighted by Gasteiger charge is 2.20. The second-order valence-corrected chi connectivity index (χ2v) is 14.4. The lowest BCUT2D eigenvalue weighted by Gasteiger charge is -2.17. The van der Waals surface area contributed by atoms with Crippen LogP contribution < -0.4 is 0 Å². The molecule has 0 N–H and O–H groups in total. The summed E-state index contributed by atoms with van der Waals surface area (Å²) in [6, 6.07) is 7.79. The molecule has 1 aromatic carbocycles. The van der Waals surface area contributed by atoms with E-state index in [1.165, 1.54) is 59.2 Å². The third-order valence-corrected chi connectivity index (χ3v) is 7.18. The number of hydrogen-bond donors (Lipinski definition) is 0. The van der Waals surface area contributed by atoms with E-state index in [9.17, 15) is 0 Å². The molecule has 1 aromatic heterocycles. The molecule has 1 aliphatic rings. The van der Waals surface area contributed by atoms with E-state index in [1.54, 1.807) is 5.56 Å². The van der Waals surface area contributed by atoms with Gasteiger partial charge >= 0.3 is 0 Å². The monoisotopic (exact) mass is 393 g/mol. The van der Waals surface area contributed by atoms with Crippen molar-refractivity contribution in [1.82, 2.24) is 4.57 Å². The lowest BCUT2D eigenvalue weighted by molar-refractivity contribution is 0.0883. The Morgan fingerprint density at radius 3 is 2.70 bits per heavy atom. The molecular formula is C19H28BrNOSi. The van der Waals surface area contributed by atoms with Crippen LogP contribution in [0.3, 0.4) is 0 Å². The molecule has 0 unspecified atom stereocenters. The molecule has 0 saturated carbocycles. The number of aryl methyl sites for hydroxylation is 1. The van der Waals surface area contributed by atoms with E-state index in [-0.39, 0.29) is 0 Å². The molecule has 1 heterocycles. The van der Waals surface area contributed by atoms with Crippen LogP contribution in [0.5, 0.6) is 0 Å². The third-order valence-electron chi connectivity index (χ3n) is 4.82. The minimum Gasteiger partial charge on any atom is -0.361 e. The number of aromatic nitrogens is 1. The molecule has 0 spiro atoms. The molecule has 0 radical (unpaired) electrons. The molecule has 0 amide bonds. The molecule has 1 aliphatic carbocycles. The predicted molar refractivity (Wildman–Crippen MR) is 105 cm³/mol. The van der Waals surface area contributed by atoms with Crippen LogP contribution in [-0.2, 0) is 24.3 Å². The molecule has 23 heavy (non-hydrogen) atoms. The van der Waals surface area contributed by atoms with Crippen LogP contribution in [0, 0.1) is 0 Å². The first-order chi connectivity index (χ1) is 11.0. The normalized spacial score (nSPS) is 15.7. The smallest absolute Gasteiger partial charge is 0.123 e. The van der Waals surface area contributed by atoms with Crippen LogP contribution in [0.2, 0.25) is 25.7 Å². The van der Waals surface area contributed by atoms with Gasteiger partial charge in [0.1, 0.15) is 6.73 Å². The first kappa shape index (κ1) is 17.2. The van der Waals surface area contributed by atoms with Gasteiger partial charge < -0.3 is 9.30 Å². The predicted octanol–water partition coefficient (Wildman–Crippen LogP) is 5.99. The van der Waals surface area contributed by atoms with Crippen LogP contribution in [0.25, 0.3) is 10.9 Å². The molecule has 0 atom stereocenters. The van der Waals surface area contributed by atoms with E-state index in [0.29, 0.717) is 6.73 Å². The Morgan fingerprint density at radius 1 is 1.13 bits per heavy atom. The van der Waals surface area contributed by atoms with Crippen LogP contribution in [0.15, 0.2) is 22.7 Å². The van der Waals surface area contributed by atoms with Gasteiger partial charge in [0.15, 0.2) is 0 Å². The number of halogens is 1. The Labute approximate surface area is 149 Å². The molecule has 4 heteroatoms. The number of rotatable bonds is 5. The summed E-state index contributed by atoms with van der Waals surface area (Å²) >= 11 is 3.77. The summed E-state index contributed by atoms with van der Waals surface area (Å²) in [5, 5.41) is 1.41. The molecule has 0 bridgehead atoms. The molecule has 3 rings (SSSR count). The average molecular weight is 394 g/mol. The van der Waals surface area contributed by atoms with Gasteiger partial charge in [-0.2, -0.15) is 0 Å². The Balaban J connectivity index is 1.89. The van der Waals surface area contributed by atoms with Gasteiger partial charge in [0.2, 0.25) is 0 Å².